The number of likely N-dealkylation sites (tertiary alicyclic amines) is 1. The number of hydrogen-bond acceptors (Lipinski definition) is 2. The van der Waals surface area contributed by atoms with Crippen LogP contribution in [0.25, 0.3) is 0 Å². The van der Waals surface area contributed by atoms with E-state index in [2.05, 4.69) is 11.0 Å². The smallest absolute Gasteiger partial charge is 0.122 e. The van der Waals surface area contributed by atoms with Crippen LogP contribution in [0.1, 0.15) is 30.4 Å². The van der Waals surface area contributed by atoms with Gasteiger partial charge in [0.1, 0.15) is 5.84 Å². The Hall–Kier alpha value is -1.35. The predicted molar refractivity (Wildman–Crippen MR) is 66.6 cm³/mol. The van der Waals surface area contributed by atoms with Gasteiger partial charge in [-0.25, -0.2) is 0 Å². The number of nitrogens with one attached hydrogen (secondary N) is 1. The summed E-state index contributed by atoms with van der Waals surface area (Å²) in [5.74, 6) is 0.153. The van der Waals surface area contributed by atoms with Crippen LogP contribution in [0.3, 0.4) is 0 Å². The van der Waals surface area contributed by atoms with Gasteiger partial charge in [-0.1, -0.05) is 24.6 Å². The van der Waals surface area contributed by atoms with E-state index in [1.807, 2.05) is 18.2 Å². The highest BCUT2D eigenvalue weighted by molar-refractivity contribution is 5.95. The molecule has 16 heavy (non-hydrogen) atoms. The molecule has 0 radical (unpaired) electrons. The number of rotatable bonds is 3. The van der Waals surface area contributed by atoms with Gasteiger partial charge in [-0.15, -0.1) is 0 Å². The lowest BCUT2D eigenvalue weighted by Crippen LogP contribution is -2.29. The molecule has 86 valence electrons. The third kappa shape index (κ3) is 2.83. The van der Waals surface area contributed by atoms with Crippen molar-refractivity contribution < 1.29 is 0 Å². The van der Waals surface area contributed by atoms with Crippen LogP contribution in [0.5, 0.6) is 0 Å². The number of piperidine rings is 1. The third-order valence-electron chi connectivity index (χ3n) is 3.09. The van der Waals surface area contributed by atoms with Crippen molar-refractivity contribution in [2.24, 2.45) is 5.73 Å². The molecule has 0 bridgehead atoms. The van der Waals surface area contributed by atoms with Crippen molar-refractivity contribution in [3.05, 3.63) is 35.4 Å². The monoisotopic (exact) mass is 217 g/mol. The van der Waals surface area contributed by atoms with Crippen molar-refractivity contribution in [3.63, 3.8) is 0 Å². The Morgan fingerprint density at radius 1 is 1.25 bits per heavy atom. The summed E-state index contributed by atoms with van der Waals surface area (Å²) in [5.41, 5.74) is 7.57. The first-order chi connectivity index (χ1) is 7.75. The number of benzene rings is 1. The highest BCUT2D eigenvalue weighted by Crippen LogP contribution is 2.13. The van der Waals surface area contributed by atoms with E-state index in [1.165, 1.54) is 37.9 Å². The molecule has 3 N–H and O–H groups in total. The summed E-state index contributed by atoms with van der Waals surface area (Å²) >= 11 is 0. The number of hydrogen-bond donors (Lipinski definition) is 2. The van der Waals surface area contributed by atoms with Crippen LogP contribution in [0.4, 0.5) is 0 Å². The van der Waals surface area contributed by atoms with E-state index in [-0.39, 0.29) is 5.84 Å². The van der Waals surface area contributed by atoms with Crippen molar-refractivity contribution in [2.75, 3.05) is 13.1 Å². The maximum absolute atomic E-state index is 7.42. The zero-order chi connectivity index (χ0) is 11.4. The topological polar surface area (TPSA) is 53.1 Å². The second kappa shape index (κ2) is 5.12. The first-order valence-corrected chi connectivity index (χ1v) is 5.91. The maximum Gasteiger partial charge on any atom is 0.122 e. The minimum atomic E-state index is 0.153. The Morgan fingerprint density at radius 2 is 2.00 bits per heavy atom. The van der Waals surface area contributed by atoms with Crippen LogP contribution in [-0.4, -0.2) is 23.8 Å². The van der Waals surface area contributed by atoms with Gasteiger partial charge in [-0.2, -0.15) is 0 Å². The third-order valence-corrected chi connectivity index (χ3v) is 3.09. The number of nitrogen functional groups attached to an aromatic ring is 1. The second-order valence-electron chi connectivity index (χ2n) is 4.45. The molecule has 0 aliphatic carbocycles. The van der Waals surface area contributed by atoms with Gasteiger partial charge in [0, 0.05) is 12.1 Å². The summed E-state index contributed by atoms with van der Waals surface area (Å²) < 4.78 is 0. The zero-order valence-electron chi connectivity index (χ0n) is 9.58. The van der Waals surface area contributed by atoms with Crippen molar-refractivity contribution in [1.82, 2.24) is 4.90 Å². The van der Waals surface area contributed by atoms with E-state index < -0.39 is 0 Å². The summed E-state index contributed by atoms with van der Waals surface area (Å²) in [5, 5.41) is 7.42. The van der Waals surface area contributed by atoms with E-state index in [4.69, 9.17) is 11.1 Å². The van der Waals surface area contributed by atoms with Gasteiger partial charge >= 0.3 is 0 Å². The summed E-state index contributed by atoms with van der Waals surface area (Å²) in [6.45, 7) is 3.38. The van der Waals surface area contributed by atoms with Crippen molar-refractivity contribution in [1.29, 1.82) is 5.41 Å². The predicted octanol–water partition coefficient (Wildman–Crippen LogP) is 1.96. The average molecular weight is 217 g/mol. The second-order valence-corrected chi connectivity index (χ2v) is 4.45. The molecule has 0 saturated carbocycles. The Morgan fingerprint density at radius 3 is 2.69 bits per heavy atom. The van der Waals surface area contributed by atoms with E-state index in [1.54, 1.807) is 0 Å². The molecule has 3 heteroatoms. The highest BCUT2D eigenvalue weighted by Gasteiger charge is 2.10. The molecule has 0 amide bonds. The normalized spacial score (nSPS) is 17.2. The molecule has 3 nitrogen and oxygen atoms in total. The molecule has 0 atom stereocenters. The van der Waals surface area contributed by atoms with Gasteiger partial charge in [0.25, 0.3) is 0 Å². The van der Waals surface area contributed by atoms with Gasteiger partial charge in [-0.3, -0.25) is 10.3 Å². The summed E-state index contributed by atoms with van der Waals surface area (Å²) in [7, 11) is 0. The maximum atomic E-state index is 7.42. The standard InChI is InChI=1S/C13H19N3/c14-13(15)12-6-4-5-11(9-12)10-16-7-2-1-3-8-16/h4-6,9H,1-3,7-8,10H2,(H3,14,15). The van der Waals surface area contributed by atoms with Crippen molar-refractivity contribution >= 4 is 5.84 Å². The summed E-state index contributed by atoms with van der Waals surface area (Å²) in [6.07, 6.45) is 3.99. The minimum Gasteiger partial charge on any atom is -0.384 e. The fraction of sp³-hybridized carbons (Fsp3) is 0.462. The number of nitrogens with zero attached hydrogens (tertiary/aromatic N) is 1. The zero-order valence-corrected chi connectivity index (χ0v) is 9.58. The fourth-order valence-electron chi connectivity index (χ4n) is 2.21. The van der Waals surface area contributed by atoms with Crippen LogP contribution < -0.4 is 5.73 Å². The number of amidine groups is 1. The summed E-state index contributed by atoms with van der Waals surface area (Å²) in [6, 6.07) is 8.01. The van der Waals surface area contributed by atoms with E-state index in [9.17, 15) is 0 Å². The quantitative estimate of drug-likeness (QED) is 0.600. The van der Waals surface area contributed by atoms with Crippen molar-refractivity contribution in [3.8, 4) is 0 Å². The molecular weight excluding hydrogens is 198 g/mol. The molecule has 1 aromatic rings. The van der Waals surface area contributed by atoms with Crippen LogP contribution in [0.15, 0.2) is 24.3 Å². The Kier molecular flexibility index (Phi) is 3.57. The van der Waals surface area contributed by atoms with Crippen LogP contribution in [0.2, 0.25) is 0 Å². The largest absolute Gasteiger partial charge is 0.384 e. The molecule has 0 spiro atoms. The van der Waals surface area contributed by atoms with E-state index in [0.29, 0.717) is 0 Å². The fourth-order valence-corrected chi connectivity index (χ4v) is 2.21. The lowest BCUT2D eigenvalue weighted by atomic mass is 10.1. The Labute approximate surface area is 96.8 Å². The summed E-state index contributed by atoms with van der Waals surface area (Å²) in [4.78, 5) is 2.47. The van der Waals surface area contributed by atoms with E-state index in [0.717, 1.165) is 12.1 Å². The van der Waals surface area contributed by atoms with Crippen LogP contribution in [-0.2, 0) is 6.54 Å². The molecular formula is C13H19N3. The molecule has 2 rings (SSSR count). The molecule has 1 aliphatic rings. The highest BCUT2D eigenvalue weighted by atomic mass is 15.1. The van der Waals surface area contributed by atoms with E-state index >= 15 is 0 Å². The van der Waals surface area contributed by atoms with Gasteiger partial charge < -0.3 is 5.73 Å². The molecule has 1 fully saturated rings. The molecule has 1 heterocycles. The van der Waals surface area contributed by atoms with Gasteiger partial charge in [-0.05, 0) is 37.6 Å². The number of nitrogens with two attached hydrogens (primary N) is 1. The molecule has 0 aromatic heterocycles. The van der Waals surface area contributed by atoms with Crippen molar-refractivity contribution in [2.45, 2.75) is 25.8 Å². The molecule has 0 unspecified atom stereocenters. The Balaban J connectivity index is 2.02. The lowest BCUT2D eigenvalue weighted by Gasteiger charge is -2.26. The SMILES string of the molecule is N=C(N)c1cccc(CN2CCCCC2)c1. The van der Waals surface area contributed by atoms with Crippen LogP contribution >= 0.6 is 0 Å². The first kappa shape index (κ1) is 11.1. The molecule has 1 aromatic carbocycles. The minimum absolute atomic E-state index is 0.153. The van der Waals surface area contributed by atoms with Gasteiger partial charge in [0.05, 0.1) is 0 Å². The van der Waals surface area contributed by atoms with Gasteiger partial charge in [0.15, 0.2) is 0 Å². The van der Waals surface area contributed by atoms with Crippen LogP contribution in [0, 0.1) is 5.41 Å². The Bertz CT molecular complexity index is 367. The lowest BCUT2D eigenvalue weighted by molar-refractivity contribution is 0.221. The van der Waals surface area contributed by atoms with Gasteiger partial charge in [0.2, 0.25) is 0 Å². The molecule has 1 saturated heterocycles. The average Bonchev–Trinajstić information content (AvgIpc) is 2.30. The first-order valence-electron chi connectivity index (χ1n) is 5.91. The molecule has 1 aliphatic heterocycles.